The highest BCUT2D eigenvalue weighted by molar-refractivity contribution is 5.98. The van der Waals surface area contributed by atoms with Gasteiger partial charge in [-0.25, -0.2) is 0 Å². The molecule has 5 aliphatic rings. The summed E-state index contributed by atoms with van der Waals surface area (Å²) in [4.78, 5) is 5.19. The molecule has 1 aliphatic heterocycles. The molecule has 70 heavy (non-hydrogen) atoms. The van der Waals surface area contributed by atoms with Gasteiger partial charge in [-0.3, -0.25) is 0 Å². The van der Waals surface area contributed by atoms with E-state index in [-0.39, 0.29) is 23.9 Å². The third kappa shape index (κ3) is 7.05. The molecule has 0 amide bonds. The summed E-state index contributed by atoms with van der Waals surface area (Å²) in [6.45, 7) is 13.6. The van der Waals surface area contributed by atoms with Crippen molar-refractivity contribution in [3.8, 4) is 5.75 Å². The van der Waals surface area contributed by atoms with Crippen molar-refractivity contribution in [2.24, 2.45) is 11.8 Å². The number of rotatable bonds is 12. The van der Waals surface area contributed by atoms with Gasteiger partial charge in [-0.1, -0.05) is 171 Å². The van der Waals surface area contributed by atoms with Crippen molar-refractivity contribution >= 4 is 34.0 Å². The Bertz CT molecular complexity index is 3090. The number of ether oxygens (including phenoxy) is 1. The van der Waals surface area contributed by atoms with Crippen molar-refractivity contribution in [1.29, 1.82) is 0 Å². The molecule has 0 aromatic heterocycles. The van der Waals surface area contributed by atoms with Gasteiger partial charge in [0.1, 0.15) is 11.9 Å². The maximum atomic E-state index is 7.76. The predicted octanol–water partition coefficient (Wildman–Crippen LogP) is 17.5. The van der Waals surface area contributed by atoms with Gasteiger partial charge in [0.2, 0.25) is 0 Å². The molecule has 1 heterocycles. The Morgan fingerprint density at radius 2 is 1.23 bits per heavy atom. The number of unbranched alkanes of at least 4 members (excludes halogenated alkanes) is 1. The Kier molecular flexibility index (Phi) is 11.3. The summed E-state index contributed by atoms with van der Waals surface area (Å²) < 4.78 is 7.76. The number of allylic oxidation sites excluding steroid dienone is 5. The summed E-state index contributed by atoms with van der Waals surface area (Å²) >= 11 is 0. The van der Waals surface area contributed by atoms with Crippen LogP contribution < -0.4 is 14.5 Å². The summed E-state index contributed by atoms with van der Waals surface area (Å²) in [5, 5.41) is 0. The SMILES string of the molecule is CCCCC(CC)C1(c2ccccc2)C2=C(c3c1cc(N(c1ccc(C)cc1)c1ccc(C)cc1)c1c3OC3CCC=CC13)C1c3ccccc3CC1C(N(c1ccc(C)cc1)c1ccc(C)cc1)=C2. The second-order valence-corrected chi connectivity index (χ2v) is 21.1. The van der Waals surface area contributed by atoms with Gasteiger partial charge < -0.3 is 14.5 Å². The van der Waals surface area contributed by atoms with Gasteiger partial charge in [0.15, 0.2) is 0 Å². The quantitative estimate of drug-likeness (QED) is 0.114. The van der Waals surface area contributed by atoms with E-state index in [1.165, 1.54) is 89.5 Å². The maximum Gasteiger partial charge on any atom is 0.133 e. The molecule has 0 saturated carbocycles. The van der Waals surface area contributed by atoms with Gasteiger partial charge in [-0.2, -0.15) is 0 Å². The number of benzene rings is 7. The highest BCUT2D eigenvalue weighted by Gasteiger charge is 2.58. The van der Waals surface area contributed by atoms with E-state index in [1.54, 1.807) is 0 Å². The molecule has 0 saturated heterocycles. The van der Waals surface area contributed by atoms with Crippen molar-refractivity contribution in [3.05, 3.63) is 243 Å². The molecule has 0 spiro atoms. The van der Waals surface area contributed by atoms with Crippen LogP contribution in [0.25, 0.3) is 5.57 Å². The molecule has 4 aliphatic carbocycles. The van der Waals surface area contributed by atoms with E-state index in [1.807, 2.05) is 0 Å². The maximum absolute atomic E-state index is 7.76. The minimum atomic E-state index is -0.487. The lowest BCUT2D eigenvalue weighted by Crippen LogP contribution is -2.38. The van der Waals surface area contributed by atoms with Gasteiger partial charge in [0, 0.05) is 62.7 Å². The minimum absolute atomic E-state index is 0.0703. The second-order valence-electron chi connectivity index (χ2n) is 21.1. The third-order valence-corrected chi connectivity index (χ3v) is 16.8. The van der Waals surface area contributed by atoms with E-state index < -0.39 is 5.41 Å². The largest absolute Gasteiger partial charge is 0.488 e. The van der Waals surface area contributed by atoms with Crippen LogP contribution in [0, 0.1) is 39.5 Å². The predicted molar refractivity (Wildman–Crippen MR) is 293 cm³/mol. The fourth-order valence-corrected chi connectivity index (χ4v) is 13.5. The van der Waals surface area contributed by atoms with Crippen LogP contribution in [-0.4, -0.2) is 6.10 Å². The van der Waals surface area contributed by atoms with E-state index >= 15 is 0 Å². The first kappa shape index (κ1) is 44.4. The van der Waals surface area contributed by atoms with E-state index in [0.29, 0.717) is 5.92 Å². The first-order chi connectivity index (χ1) is 34.3. The Morgan fingerprint density at radius 3 is 1.81 bits per heavy atom. The van der Waals surface area contributed by atoms with E-state index in [0.717, 1.165) is 62.1 Å². The standard InChI is InChI=1S/C67H66N2O/c1-7-9-18-48(8-2)67(49-19-11-10-12-20-49)57-41-59(68(50-32-24-43(3)25-33-50)51-34-26-44(4)27-35-51)56-40-47-17-13-14-21-54(47)62(56)64(57)65-58(67)42-60(63-55-22-15-16-23-61(55)70-66(63)65)69(52-36-28-45(5)29-37-52)53-38-30-46(6)31-39-53/h10-15,17,19-22,24-39,41-42,48,55-56,61-62H,7-9,16,18,23,40H2,1-6H3. The Hall–Kier alpha value is -6.84. The molecule has 6 atom stereocenters. The molecule has 0 radical (unpaired) electrons. The Balaban J connectivity index is 1.24. The minimum Gasteiger partial charge on any atom is -0.488 e. The van der Waals surface area contributed by atoms with Crippen molar-refractivity contribution < 1.29 is 4.74 Å². The number of hydrogen-bond acceptors (Lipinski definition) is 3. The van der Waals surface area contributed by atoms with Gasteiger partial charge in [-0.15, -0.1) is 0 Å². The van der Waals surface area contributed by atoms with Crippen LogP contribution in [0.5, 0.6) is 5.75 Å². The summed E-state index contributed by atoms with van der Waals surface area (Å²) in [6.07, 6.45) is 15.2. The lowest BCUT2D eigenvalue weighted by molar-refractivity contribution is 0.204. The number of hydrogen-bond donors (Lipinski definition) is 0. The van der Waals surface area contributed by atoms with Crippen LogP contribution in [0.15, 0.2) is 187 Å². The lowest BCUT2D eigenvalue weighted by atomic mass is 9.60. The monoisotopic (exact) mass is 915 g/mol. The van der Waals surface area contributed by atoms with Crippen molar-refractivity contribution in [3.63, 3.8) is 0 Å². The van der Waals surface area contributed by atoms with Crippen LogP contribution in [0.4, 0.5) is 28.4 Å². The van der Waals surface area contributed by atoms with E-state index in [9.17, 15) is 0 Å². The molecule has 0 fully saturated rings. The topological polar surface area (TPSA) is 15.7 Å². The van der Waals surface area contributed by atoms with Crippen LogP contribution in [0.1, 0.15) is 120 Å². The van der Waals surface area contributed by atoms with Crippen molar-refractivity contribution in [2.45, 2.75) is 110 Å². The summed E-state index contributed by atoms with van der Waals surface area (Å²) in [5.41, 5.74) is 23.2. The number of aryl methyl sites for hydroxylation is 4. The van der Waals surface area contributed by atoms with E-state index in [4.69, 9.17) is 4.74 Å². The average Bonchev–Trinajstić information content (AvgIpc) is 4.06. The average molecular weight is 915 g/mol. The zero-order valence-electron chi connectivity index (χ0n) is 41.9. The first-order valence-electron chi connectivity index (χ1n) is 26.3. The molecular formula is C67H66N2O. The van der Waals surface area contributed by atoms with Gasteiger partial charge in [0.25, 0.3) is 0 Å². The van der Waals surface area contributed by atoms with Crippen molar-refractivity contribution in [2.75, 3.05) is 9.80 Å². The molecular weight excluding hydrogens is 849 g/mol. The molecule has 3 heteroatoms. The Morgan fingerprint density at radius 1 is 0.657 bits per heavy atom. The van der Waals surface area contributed by atoms with Gasteiger partial charge in [-0.05, 0) is 153 Å². The zero-order valence-corrected chi connectivity index (χ0v) is 41.9. The van der Waals surface area contributed by atoms with Gasteiger partial charge in [0.05, 0.1) is 5.69 Å². The van der Waals surface area contributed by atoms with Crippen LogP contribution in [0.2, 0.25) is 0 Å². The molecule has 3 nitrogen and oxygen atoms in total. The number of nitrogens with zero attached hydrogens (tertiary/aromatic N) is 2. The summed E-state index contributed by atoms with van der Waals surface area (Å²) in [5.74, 6) is 1.88. The fourth-order valence-electron chi connectivity index (χ4n) is 13.5. The molecule has 7 aromatic rings. The smallest absolute Gasteiger partial charge is 0.133 e. The molecule has 6 unspecified atom stereocenters. The molecule has 12 rings (SSSR count). The molecule has 7 aromatic carbocycles. The summed E-state index contributed by atoms with van der Waals surface area (Å²) in [7, 11) is 0. The number of fused-ring (bicyclic) bond motifs is 10. The first-order valence-corrected chi connectivity index (χ1v) is 26.3. The highest BCUT2D eigenvalue weighted by Crippen LogP contribution is 2.70. The zero-order chi connectivity index (χ0) is 47.7. The summed E-state index contributed by atoms with van der Waals surface area (Å²) in [6, 6.07) is 60.7. The molecule has 350 valence electrons. The third-order valence-electron chi connectivity index (χ3n) is 16.8. The van der Waals surface area contributed by atoms with Crippen LogP contribution in [-0.2, 0) is 11.8 Å². The normalized spacial score (nSPS) is 21.7. The van der Waals surface area contributed by atoms with Crippen molar-refractivity contribution in [1.82, 2.24) is 0 Å². The van der Waals surface area contributed by atoms with Gasteiger partial charge >= 0.3 is 0 Å². The lowest BCUT2D eigenvalue weighted by Gasteiger charge is -2.44. The van der Waals surface area contributed by atoms with Crippen LogP contribution in [0.3, 0.4) is 0 Å². The van der Waals surface area contributed by atoms with E-state index in [2.05, 4.69) is 227 Å². The Labute approximate surface area is 416 Å². The number of anilines is 5. The van der Waals surface area contributed by atoms with Crippen LogP contribution >= 0.6 is 0 Å². The molecule has 0 N–H and O–H groups in total. The molecule has 0 bridgehead atoms. The fraction of sp³-hybridized carbons (Fsp3) is 0.284. The highest BCUT2D eigenvalue weighted by atomic mass is 16.5. The second kappa shape index (κ2) is 17.8.